The molecule has 1 atom stereocenters. The van der Waals surface area contributed by atoms with E-state index in [0.717, 1.165) is 19.3 Å². The number of alkyl halides is 1. The second-order valence-electron chi connectivity index (χ2n) is 4.71. The summed E-state index contributed by atoms with van der Waals surface area (Å²) in [5.74, 6) is 0.155. The topological polar surface area (TPSA) is 29.1 Å². The van der Waals surface area contributed by atoms with Crippen molar-refractivity contribution in [2.45, 2.75) is 77.0 Å². The molecule has 1 unspecified atom stereocenters. The van der Waals surface area contributed by atoms with Crippen LogP contribution in [0, 0.1) is 0 Å². The maximum atomic E-state index is 11.5. The molecule has 0 aliphatic heterocycles. The van der Waals surface area contributed by atoms with Gasteiger partial charge in [-0.15, -0.1) is 11.6 Å². The van der Waals surface area contributed by atoms with Gasteiger partial charge in [-0.3, -0.25) is 4.79 Å². The number of amides is 1. The SMILES string of the molecule is CCCCCCCCC(=O)NCC(Cl)CCC. The summed E-state index contributed by atoms with van der Waals surface area (Å²) in [6.45, 7) is 4.93. The van der Waals surface area contributed by atoms with Crippen LogP contribution >= 0.6 is 11.6 Å². The van der Waals surface area contributed by atoms with E-state index in [1.54, 1.807) is 0 Å². The fraction of sp³-hybridized carbons (Fsp3) is 0.929. The minimum Gasteiger partial charge on any atom is -0.355 e. The Morgan fingerprint density at radius 2 is 1.71 bits per heavy atom. The van der Waals surface area contributed by atoms with Crippen molar-refractivity contribution in [2.75, 3.05) is 6.54 Å². The molecule has 0 spiro atoms. The third-order valence-corrected chi connectivity index (χ3v) is 3.25. The minimum absolute atomic E-state index is 0.0912. The van der Waals surface area contributed by atoms with E-state index in [4.69, 9.17) is 11.6 Å². The van der Waals surface area contributed by atoms with Gasteiger partial charge in [0.1, 0.15) is 0 Å². The number of halogens is 1. The summed E-state index contributed by atoms with van der Waals surface area (Å²) >= 11 is 6.03. The van der Waals surface area contributed by atoms with Gasteiger partial charge in [-0.05, 0) is 12.8 Å². The first-order valence-corrected chi connectivity index (χ1v) is 7.55. The Hall–Kier alpha value is -0.240. The van der Waals surface area contributed by atoms with Crippen molar-refractivity contribution in [1.29, 1.82) is 0 Å². The van der Waals surface area contributed by atoms with Crippen LogP contribution in [-0.2, 0) is 4.79 Å². The third-order valence-electron chi connectivity index (χ3n) is 2.88. The van der Waals surface area contributed by atoms with E-state index in [9.17, 15) is 4.79 Å². The van der Waals surface area contributed by atoms with Crippen LogP contribution in [0.15, 0.2) is 0 Å². The average molecular weight is 262 g/mol. The molecule has 0 aromatic carbocycles. The Morgan fingerprint density at radius 1 is 1.06 bits per heavy atom. The van der Waals surface area contributed by atoms with Crippen molar-refractivity contribution in [1.82, 2.24) is 5.32 Å². The summed E-state index contributed by atoms with van der Waals surface area (Å²) in [5.41, 5.74) is 0. The second kappa shape index (κ2) is 12.2. The molecule has 17 heavy (non-hydrogen) atoms. The molecule has 1 amide bonds. The highest BCUT2D eigenvalue weighted by Gasteiger charge is 2.05. The number of nitrogens with one attached hydrogen (secondary N) is 1. The number of hydrogen-bond donors (Lipinski definition) is 1. The maximum Gasteiger partial charge on any atom is 0.220 e. The van der Waals surface area contributed by atoms with Gasteiger partial charge in [0.05, 0.1) is 5.38 Å². The molecule has 0 fully saturated rings. The van der Waals surface area contributed by atoms with Crippen LogP contribution in [0.3, 0.4) is 0 Å². The van der Waals surface area contributed by atoms with Crippen molar-refractivity contribution in [3.63, 3.8) is 0 Å². The van der Waals surface area contributed by atoms with Crippen LogP contribution in [0.5, 0.6) is 0 Å². The first-order valence-electron chi connectivity index (χ1n) is 7.11. The fourth-order valence-corrected chi connectivity index (χ4v) is 2.09. The van der Waals surface area contributed by atoms with Crippen molar-refractivity contribution >= 4 is 17.5 Å². The molecule has 0 saturated heterocycles. The summed E-state index contributed by atoms with van der Waals surface area (Å²) in [6.07, 6.45) is 10.0. The number of carbonyl (C=O) groups is 1. The Kier molecular flexibility index (Phi) is 12.1. The predicted octanol–water partition coefficient (Wildman–Crippen LogP) is 4.26. The molecule has 0 aliphatic rings. The van der Waals surface area contributed by atoms with Gasteiger partial charge in [0, 0.05) is 13.0 Å². The Bertz CT molecular complexity index is 185. The molecule has 0 aliphatic carbocycles. The lowest BCUT2D eigenvalue weighted by atomic mass is 10.1. The van der Waals surface area contributed by atoms with E-state index in [1.165, 1.54) is 32.1 Å². The number of carbonyl (C=O) groups excluding carboxylic acids is 1. The quantitative estimate of drug-likeness (QED) is 0.437. The summed E-state index contributed by atoms with van der Waals surface area (Å²) in [4.78, 5) is 11.5. The Morgan fingerprint density at radius 3 is 2.35 bits per heavy atom. The minimum atomic E-state index is 0.0912. The second-order valence-corrected chi connectivity index (χ2v) is 5.33. The molecule has 0 radical (unpaired) electrons. The van der Waals surface area contributed by atoms with Crippen molar-refractivity contribution in [3.8, 4) is 0 Å². The summed E-state index contributed by atoms with van der Waals surface area (Å²) < 4.78 is 0. The van der Waals surface area contributed by atoms with Gasteiger partial charge in [0.2, 0.25) is 5.91 Å². The highest BCUT2D eigenvalue weighted by molar-refractivity contribution is 6.20. The summed E-state index contributed by atoms with van der Waals surface area (Å²) in [6, 6.07) is 0. The standard InChI is InChI=1S/C14H28ClNO/c1-3-5-6-7-8-9-11-14(17)16-12-13(15)10-4-2/h13H,3-12H2,1-2H3,(H,16,17). The lowest BCUT2D eigenvalue weighted by Gasteiger charge is -2.09. The lowest BCUT2D eigenvalue weighted by molar-refractivity contribution is -0.121. The van der Waals surface area contributed by atoms with Crippen LogP contribution < -0.4 is 5.32 Å². The largest absolute Gasteiger partial charge is 0.355 e. The van der Waals surface area contributed by atoms with Crippen molar-refractivity contribution < 1.29 is 4.79 Å². The van der Waals surface area contributed by atoms with Crippen LogP contribution in [-0.4, -0.2) is 17.8 Å². The number of unbranched alkanes of at least 4 members (excludes halogenated alkanes) is 5. The zero-order valence-corrected chi connectivity index (χ0v) is 12.2. The van der Waals surface area contributed by atoms with Gasteiger partial charge in [-0.2, -0.15) is 0 Å². The van der Waals surface area contributed by atoms with Crippen LogP contribution in [0.1, 0.15) is 71.6 Å². The Labute approximate surface area is 111 Å². The molecule has 0 saturated carbocycles. The average Bonchev–Trinajstić information content (AvgIpc) is 2.31. The van der Waals surface area contributed by atoms with E-state index >= 15 is 0 Å². The van der Waals surface area contributed by atoms with Crippen LogP contribution in [0.25, 0.3) is 0 Å². The van der Waals surface area contributed by atoms with Crippen molar-refractivity contribution in [3.05, 3.63) is 0 Å². The van der Waals surface area contributed by atoms with Gasteiger partial charge < -0.3 is 5.32 Å². The fourth-order valence-electron chi connectivity index (χ4n) is 1.79. The van der Waals surface area contributed by atoms with Crippen LogP contribution in [0.2, 0.25) is 0 Å². The normalized spacial score (nSPS) is 12.4. The van der Waals surface area contributed by atoms with Crippen molar-refractivity contribution in [2.24, 2.45) is 0 Å². The lowest BCUT2D eigenvalue weighted by Crippen LogP contribution is -2.29. The number of rotatable bonds is 11. The monoisotopic (exact) mass is 261 g/mol. The molecule has 102 valence electrons. The zero-order valence-electron chi connectivity index (χ0n) is 11.4. The highest BCUT2D eigenvalue weighted by Crippen LogP contribution is 2.07. The van der Waals surface area contributed by atoms with Crippen LogP contribution in [0.4, 0.5) is 0 Å². The first kappa shape index (κ1) is 16.8. The smallest absolute Gasteiger partial charge is 0.220 e. The van der Waals surface area contributed by atoms with E-state index in [0.29, 0.717) is 13.0 Å². The molecule has 0 aromatic heterocycles. The van der Waals surface area contributed by atoms with Gasteiger partial charge in [-0.1, -0.05) is 52.4 Å². The first-order chi connectivity index (χ1) is 8.20. The molecule has 0 heterocycles. The molecule has 1 N–H and O–H groups in total. The van der Waals surface area contributed by atoms with E-state index < -0.39 is 0 Å². The van der Waals surface area contributed by atoms with E-state index in [-0.39, 0.29) is 11.3 Å². The van der Waals surface area contributed by atoms with E-state index in [1.807, 2.05) is 0 Å². The molecular weight excluding hydrogens is 234 g/mol. The summed E-state index contributed by atoms with van der Waals surface area (Å²) in [5, 5.41) is 2.99. The third kappa shape index (κ3) is 12.0. The zero-order chi connectivity index (χ0) is 12.9. The van der Waals surface area contributed by atoms with E-state index in [2.05, 4.69) is 19.2 Å². The molecule has 2 nitrogen and oxygen atoms in total. The molecule has 0 rings (SSSR count). The molecular formula is C14H28ClNO. The molecule has 0 aromatic rings. The molecule has 0 bridgehead atoms. The van der Waals surface area contributed by atoms with Gasteiger partial charge in [-0.25, -0.2) is 0 Å². The Balaban J connectivity index is 3.28. The summed E-state index contributed by atoms with van der Waals surface area (Å²) in [7, 11) is 0. The number of hydrogen-bond acceptors (Lipinski definition) is 1. The van der Waals surface area contributed by atoms with Gasteiger partial charge in [0.15, 0.2) is 0 Å². The van der Waals surface area contributed by atoms with Gasteiger partial charge >= 0.3 is 0 Å². The van der Waals surface area contributed by atoms with Gasteiger partial charge in [0.25, 0.3) is 0 Å². The predicted molar refractivity (Wildman–Crippen MR) is 75.6 cm³/mol. The highest BCUT2D eigenvalue weighted by atomic mass is 35.5. The molecule has 3 heteroatoms. The maximum absolute atomic E-state index is 11.5.